The lowest BCUT2D eigenvalue weighted by atomic mass is 9.84. The van der Waals surface area contributed by atoms with Gasteiger partial charge in [0.05, 0.1) is 17.7 Å². The Balaban J connectivity index is 2.02. The van der Waals surface area contributed by atoms with Crippen LogP contribution in [0.25, 0.3) is 22.2 Å². The van der Waals surface area contributed by atoms with Gasteiger partial charge in [-0.25, -0.2) is 0 Å². The average Bonchev–Trinajstić information content (AvgIpc) is 3.04. The first-order valence-electron chi connectivity index (χ1n) is 8.77. The summed E-state index contributed by atoms with van der Waals surface area (Å²) in [4.78, 5) is 15.4. The van der Waals surface area contributed by atoms with Crippen LogP contribution >= 0.6 is 0 Å². The van der Waals surface area contributed by atoms with E-state index in [4.69, 9.17) is 4.74 Å². The second-order valence-electron chi connectivity index (χ2n) is 6.87. The fraction of sp³-hybridized carbons (Fsp3) is 0.286. The maximum Gasteiger partial charge on any atom is 0.573 e. The smallest absolute Gasteiger partial charge is 0.465 e. The number of H-pyrrole nitrogens is 1. The molecule has 1 heterocycles. The standard InChI is InChI=1S/C21H20F3NO3/c1-4-27-19(26)20(2,3)14-9-10-16-13(11-14)12-17(25-16)15-7-5-6-8-18(15)28-21(22,23)24/h5-12,25H,4H2,1-3H3. The SMILES string of the molecule is CCOC(=O)C(C)(C)c1ccc2[nH]c(-c3ccccc3OC(F)(F)F)cc2c1. The number of ether oxygens (including phenoxy) is 2. The quantitative estimate of drug-likeness (QED) is 0.578. The molecule has 0 aliphatic carbocycles. The van der Waals surface area contributed by atoms with Crippen LogP contribution in [0.4, 0.5) is 13.2 Å². The molecule has 0 saturated carbocycles. The number of halogens is 3. The Bertz CT molecular complexity index is 1010. The molecule has 0 saturated heterocycles. The molecule has 0 amide bonds. The summed E-state index contributed by atoms with van der Waals surface area (Å²) in [6.45, 7) is 5.57. The van der Waals surface area contributed by atoms with Gasteiger partial charge in [-0.1, -0.05) is 18.2 Å². The zero-order chi connectivity index (χ0) is 20.5. The molecule has 1 aromatic heterocycles. The largest absolute Gasteiger partial charge is 0.573 e. The first-order chi connectivity index (χ1) is 13.1. The third-order valence-electron chi connectivity index (χ3n) is 4.53. The number of benzene rings is 2. The summed E-state index contributed by atoms with van der Waals surface area (Å²) in [6.07, 6.45) is -4.78. The van der Waals surface area contributed by atoms with E-state index in [9.17, 15) is 18.0 Å². The molecule has 0 bridgehead atoms. The van der Waals surface area contributed by atoms with Crippen LogP contribution in [0.15, 0.2) is 48.5 Å². The molecule has 3 rings (SSSR count). The predicted molar refractivity (Wildman–Crippen MR) is 100 cm³/mol. The maximum absolute atomic E-state index is 12.7. The molecule has 2 aromatic carbocycles. The van der Waals surface area contributed by atoms with Gasteiger partial charge in [-0.2, -0.15) is 0 Å². The summed E-state index contributed by atoms with van der Waals surface area (Å²) >= 11 is 0. The maximum atomic E-state index is 12.7. The minimum atomic E-state index is -4.78. The average molecular weight is 391 g/mol. The predicted octanol–water partition coefficient (Wildman–Crippen LogP) is 5.57. The van der Waals surface area contributed by atoms with Crippen molar-refractivity contribution in [1.29, 1.82) is 0 Å². The van der Waals surface area contributed by atoms with Gasteiger partial charge in [-0.15, -0.1) is 13.2 Å². The Morgan fingerprint density at radius 1 is 1.07 bits per heavy atom. The van der Waals surface area contributed by atoms with Crippen molar-refractivity contribution in [3.05, 3.63) is 54.1 Å². The van der Waals surface area contributed by atoms with Crippen LogP contribution in [0.2, 0.25) is 0 Å². The van der Waals surface area contributed by atoms with Gasteiger partial charge in [-0.05, 0) is 56.7 Å². The van der Waals surface area contributed by atoms with Gasteiger partial charge in [0, 0.05) is 16.5 Å². The van der Waals surface area contributed by atoms with Gasteiger partial charge < -0.3 is 14.5 Å². The lowest BCUT2D eigenvalue weighted by Crippen LogP contribution is -2.31. The summed E-state index contributed by atoms with van der Waals surface area (Å²) in [5, 5.41) is 0.770. The zero-order valence-corrected chi connectivity index (χ0v) is 15.7. The third-order valence-corrected chi connectivity index (χ3v) is 4.53. The first kappa shape index (κ1) is 19.8. The number of carbonyl (C=O) groups is 1. The Labute approximate surface area is 160 Å². The molecule has 7 heteroatoms. The van der Waals surface area contributed by atoms with E-state index in [1.54, 1.807) is 51.1 Å². The summed E-state index contributed by atoms with van der Waals surface area (Å²) < 4.78 is 47.3. The number of esters is 1. The third kappa shape index (κ3) is 3.98. The van der Waals surface area contributed by atoms with Crippen molar-refractivity contribution in [2.75, 3.05) is 6.61 Å². The van der Waals surface area contributed by atoms with Gasteiger partial charge in [0.2, 0.25) is 0 Å². The number of hydrogen-bond acceptors (Lipinski definition) is 3. The molecule has 0 atom stereocenters. The number of alkyl halides is 3. The highest BCUT2D eigenvalue weighted by Gasteiger charge is 2.33. The van der Waals surface area contributed by atoms with Gasteiger partial charge in [0.1, 0.15) is 5.75 Å². The fourth-order valence-corrected chi connectivity index (χ4v) is 3.00. The summed E-state index contributed by atoms with van der Waals surface area (Å²) in [5.74, 6) is -0.623. The van der Waals surface area contributed by atoms with Crippen molar-refractivity contribution in [2.24, 2.45) is 0 Å². The highest BCUT2D eigenvalue weighted by molar-refractivity contribution is 5.90. The molecule has 1 N–H and O–H groups in total. The van der Waals surface area contributed by atoms with Crippen molar-refractivity contribution in [3.63, 3.8) is 0 Å². The minimum absolute atomic E-state index is 0.284. The Kier molecular flexibility index (Phi) is 5.10. The van der Waals surface area contributed by atoms with Crippen LogP contribution < -0.4 is 4.74 Å². The summed E-state index contributed by atoms with van der Waals surface area (Å²) in [6, 6.07) is 13.1. The molecular weight excluding hydrogens is 371 g/mol. The number of fused-ring (bicyclic) bond motifs is 1. The van der Waals surface area contributed by atoms with Crippen molar-refractivity contribution < 1.29 is 27.4 Å². The molecular formula is C21H20F3NO3. The number of aromatic amines is 1. The van der Waals surface area contributed by atoms with Crippen molar-refractivity contribution in [3.8, 4) is 17.0 Å². The Morgan fingerprint density at radius 2 is 1.79 bits per heavy atom. The van der Waals surface area contributed by atoms with Crippen molar-refractivity contribution in [2.45, 2.75) is 32.5 Å². The van der Waals surface area contributed by atoms with Crippen molar-refractivity contribution in [1.82, 2.24) is 4.98 Å². The topological polar surface area (TPSA) is 51.3 Å². The van der Waals surface area contributed by atoms with Gasteiger partial charge >= 0.3 is 12.3 Å². The van der Waals surface area contributed by atoms with Crippen LogP contribution in [0, 0.1) is 0 Å². The van der Waals surface area contributed by atoms with Crippen molar-refractivity contribution >= 4 is 16.9 Å². The van der Waals surface area contributed by atoms with Crippen LogP contribution in [-0.4, -0.2) is 23.9 Å². The van der Waals surface area contributed by atoms with E-state index < -0.39 is 11.8 Å². The Hall–Kier alpha value is -2.96. The molecule has 28 heavy (non-hydrogen) atoms. The Morgan fingerprint density at radius 3 is 2.46 bits per heavy atom. The second kappa shape index (κ2) is 7.22. The van der Waals surface area contributed by atoms with E-state index in [1.807, 2.05) is 6.07 Å². The molecule has 0 aliphatic heterocycles. The molecule has 0 aliphatic rings. The number of para-hydroxylation sites is 1. The number of rotatable bonds is 5. The number of aromatic nitrogens is 1. The van der Waals surface area contributed by atoms with Gasteiger partial charge in [0.25, 0.3) is 0 Å². The lowest BCUT2D eigenvalue weighted by Gasteiger charge is -2.22. The summed E-state index contributed by atoms with van der Waals surface area (Å²) in [5.41, 5.74) is 1.42. The minimum Gasteiger partial charge on any atom is -0.465 e. The van der Waals surface area contributed by atoms with E-state index in [-0.39, 0.29) is 18.3 Å². The molecule has 0 fully saturated rings. The lowest BCUT2D eigenvalue weighted by molar-refractivity contribution is -0.274. The highest BCUT2D eigenvalue weighted by atomic mass is 19.4. The first-order valence-corrected chi connectivity index (χ1v) is 8.77. The fourth-order valence-electron chi connectivity index (χ4n) is 3.00. The number of carbonyl (C=O) groups excluding carboxylic acids is 1. The zero-order valence-electron chi connectivity index (χ0n) is 15.7. The summed E-state index contributed by atoms with van der Waals surface area (Å²) in [7, 11) is 0. The second-order valence-corrected chi connectivity index (χ2v) is 6.87. The van der Waals surface area contributed by atoms with E-state index >= 15 is 0 Å². The molecule has 0 radical (unpaired) electrons. The van der Waals surface area contributed by atoms with E-state index in [0.29, 0.717) is 11.3 Å². The molecule has 3 aromatic rings. The molecule has 4 nitrogen and oxygen atoms in total. The molecule has 0 spiro atoms. The van der Waals surface area contributed by atoms with Gasteiger partial charge in [0.15, 0.2) is 0 Å². The van der Waals surface area contributed by atoms with Crippen LogP contribution in [0.1, 0.15) is 26.3 Å². The van der Waals surface area contributed by atoms with Gasteiger partial charge in [-0.3, -0.25) is 4.79 Å². The van der Waals surface area contributed by atoms with Crippen LogP contribution in [0.5, 0.6) is 5.75 Å². The molecule has 0 unspecified atom stereocenters. The molecule has 148 valence electrons. The van der Waals surface area contributed by atoms with Crippen LogP contribution in [-0.2, 0) is 14.9 Å². The van der Waals surface area contributed by atoms with E-state index in [0.717, 1.165) is 16.5 Å². The normalized spacial score (nSPS) is 12.2. The monoisotopic (exact) mass is 391 g/mol. The highest BCUT2D eigenvalue weighted by Crippen LogP contribution is 2.36. The van der Waals surface area contributed by atoms with E-state index in [2.05, 4.69) is 9.72 Å². The van der Waals surface area contributed by atoms with E-state index in [1.165, 1.54) is 12.1 Å². The number of hydrogen-bond donors (Lipinski definition) is 1. The number of nitrogens with one attached hydrogen (secondary N) is 1. The van der Waals surface area contributed by atoms with Crippen LogP contribution in [0.3, 0.4) is 0 Å².